The summed E-state index contributed by atoms with van der Waals surface area (Å²) < 4.78 is 6.19. The number of fused-ring (bicyclic) bond motifs is 1. The third-order valence-corrected chi connectivity index (χ3v) is 3.06. The predicted octanol–water partition coefficient (Wildman–Crippen LogP) is 3.34. The van der Waals surface area contributed by atoms with Crippen molar-refractivity contribution in [3.05, 3.63) is 44.2 Å². The molecule has 0 spiro atoms. The monoisotopic (exact) mass is 355 g/mol. The number of nitrogens with zero attached hydrogens (tertiary/aromatic N) is 2. The van der Waals surface area contributed by atoms with E-state index in [0.717, 1.165) is 3.77 Å². The van der Waals surface area contributed by atoms with Gasteiger partial charge in [0.2, 0.25) is 0 Å². The molecule has 1 N–H and O–H groups in total. The van der Waals surface area contributed by atoms with Gasteiger partial charge in [0, 0.05) is 12.1 Å². The van der Waals surface area contributed by atoms with E-state index in [9.17, 15) is 10.1 Å². The first-order valence-electron chi connectivity index (χ1n) is 5.03. The maximum Gasteiger partial charge on any atom is 0.271 e. The van der Waals surface area contributed by atoms with Crippen LogP contribution >= 0.6 is 22.6 Å². The lowest BCUT2D eigenvalue weighted by Gasteiger charge is -1.89. The summed E-state index contributed by atoms with van der Waals surface area (Å²) in [5, 5.41) is 10.7. The summed E-state index contributed by atoms with van der Waals surface area (Å²) >= 11 is 2.06. The van der Waals surface area contributed by atoms with E-state index in [0.29, 0.717) is 22.6 Å². The fourth-order valence-corrected chi connectivity index (χ4v) is 2.09. The second-order valence-corrected chi connectivity index (χ2v) is 4.71. The van der Waals surface area contributed by atoms with Gasteiger partial charge in [0.05, 0.1) is 16.0 Å². The third kappa shape index (κ3) is 1.86. The van der Waals surface area contributed by atoms with Gasteiger partial charge in [-0.1, -0.05) is 0 Å². The van der Waals surface area contributed by atoms with Crippen LogP contribution in [-0.2, 0) is 0 Å². The van der Waals surface area contributed by atoms with E-state index >= 15 is 0 Å². The van der Waals surface area contributed by atoms with Crippen LogP contribution in [-0.4, -0.2) is 14.9 Å². The van der Waals surface area contributed by atoms with E-state index in [1.807, 2.05) is 6.07 Å². The minimum Gasteiger partial charge on any atom is -0.447 e. The molecule has 0 fully saturated rings. The maximum absolute atomic E-state index is 10.7. The second-order valence-electron chi connectivity index (χ2n) is 3.65. The van der Waals surface area contributed by atoms with Crippen LogP contribution in [0, 0.1) is 13.9 Å². The molecule has 0 unspecified atom stereocenters. The van der Waals surface area contributed by atoms with E-state index in [-0.39, 0.29) is 5.69 Å². The summed E-state index contributed by atoms with van der Waals surface area (Å²) in [6.45, 7) is 0. The van der Waals surface area contributed by atoms with Crippen molar-refractivity contribution in [2.75, 3.05) is 0 Å². The number of nitrogens with one attached hydrogen (secondary N) is 1. The molecule has 2 aromatic heterocycles. The number of hydrogen-bond donors (Lipinski definition) is 1. The first kappa shape index (κ1) is 11.2. The van der Waals surface area contributed by atoms with Crippen molar-refractivity contribution in [3.8, 4) is 11.6 Å². The smallest absolute Gasteiger partial charge is 0.271 e. The average Bonchev–Trinajstić information content (AvgIpc) is 2.93. The van der Waals surface area contributed by atoms with Gasteiger partial charge in [-0.05, 0) is 40.8 Å². The van der Waals surface area contributed by atoms with Crippen molar-refractivity contribution in [1.82, 2.24) is 9.97 Å². The van der Waals surface area contributed by atoms with Gasteiger partial charge in [-0.15, -0.1) is 0 Å². The molecule has 0 aliphatic carbocycles. The van der Waals surface area contributed by atoms with Gasteiger partial charge in [0.1, 0.15) is 0 Å². The average molecular weight is 355 g/mol. The predicted molar refractivity (Wildman–Crippen MR) is 73.2 cm³/mol. The maximum atomic E-state index is 10.7. The molecule has 1 aromatic carbocycles. The van der Waals surface area contributed by atoms with Crippen LogP contribution in [0.3, 0.4) is 0 Å². The van der Waals surface area contributed by atoms with Gasteiger partial charge < -0.3 is 9.40 Å². The summed E-state index contributed by atoms with van der Waals surface area (Å²) in [5.41, 5.74) is 1.32. The number of imidazole rings is 1. The zero-order valence-corrected chi connectivity index (χ0v) is 11.0. The topological polar surface area (TPSA) is 85.0 Å². The molecule has 0 radical (unpaired) electrons. The van der Waals surface area contributed by atoms with E-state index in [1.165, 1.54) is 12.1 Å². The lowest BCUT2D eigenvalue weighted by molar-refractivity contribution is -0.384. The molecule has 0 amide bonds. The van der Waals surface area contributed by atoms with Gasteiger partial charge in [0.15, 0.2) is 15.4 Å². The highest BCUT2D eigenvalue weighted by Gasteiger charge is 2.12. The van der Waals surface area contributed by atoms with Crippen LogP contribution in [0.2, 0.25) is 0 Å². The molecule has 0 bridgehead atoms. The quantitative estimate of drug-likeness (QED) is 0.434. The largest absolute Gasteiger partial charge is 0.447 e. The van der Waals surface area contributed by atoms with Crippen molar-refractivity contribution >= 4 is 39.3 Å². The number of non-ortho nitro benzene ring substituents is 1. The number of halogens is 1. The molecule has 0 atom stereocenters. The Morgan fingerprint density at radius 2 is 2.17 bits per heavy atom. The highest BCUT2D eigenvalue weighted by Crippen LogP contribution is 2.25. The van der Waals surface area contributed by atoms with E-state index < -0.39 is 4.92 Å². The van der Waals surface area contributed by atoms with Crippen molar-refractivity contribution in [2.45, 2.75) is 0 Å². The molecule has 0 aliphatic rings. The Balaban J connectivity index is 2.13. The molecule has 0 saturated carbocycles. The van der Waals surface area contributed by atoms with Crippen molar-refractivity contribution in [1.29, 1.82) is 0 Å². The van der Waals surface area contributed by atoms with Gasteiger partial charge in [-0.3, -0.25) is 10.1 Å². The van der Waals surface area contributed by atoms with Gasteiger partial charge in [-0.2, -0.15) is 0 Å². The van der Waals surface area contributed by atoms with Crippen LogP contribution < -0.4 is 0 Å². The molecule has 2 heterocycles. The third-order valence-electron chi connectivity index (χ3n) is 2.48. The lowest BCUT2D eigenvalue weighted by Crippen LogP contribution is -1.86. The molecule has 18 heavy (non-hydrogen) atoms. The van der Waals surface area contributed by atoms with Crippen LogP contribution in [0.5, 0.6) is 0 Å². The highest BCUT2D eigenvalue weighted by atomic mass is 127. The number of H-pyrrole nitrogens is 1. The normalized spacial score (nSPS) is 10.9. The Kier molecular flexibility index (Phi) is 2.54. The fraction of sp³-hybridized carbons (Fsp3) is 0. The molecule has 6 nitrogen and oxygen atoms in total. The van der Waals surface area contributed by atoms with Crippen molar-refractivity contribution in [2.24, 2.45) is 0 Å². The summed E-state index contributed by atoms with van der Waals surface area (Å²) in [6.07, 6.45) is 0. The standard InChI is InChI=1S/C11H6IN3O3/c12-10-4-3-9(18-10)11-13-7-2-1-6(15(16)17)5-8(7)14-11/h1-5H,(H,13,14). The number of nitro benzene ring substituents is 1. The summed E-state index contributed by atoms with van der Waals surface area (Å²) in [6, 6.07) is 8.12. The van der Waals surface area contributed by atoms with E-state index in [1.54, 1.807) is 12.1 Å². The van der Waals surface area contributed by atoms with Crippen LogP contribution in [0.4, 0.5) is 5.69 Å². The Hall–Kier alpha value is -1.90. The lowest BCUT2D eigenvalue weighted by atomic mass is 10.3. The van der Waals surface area contributed by atoms with E-state index in [2.05, 4.69) is 32.6 Å². The van der Waals surface area contributed by atoms with Crippen LogP contribution in [0.15, 0.2) is 34.7 Å². The summed E-state index contributed by atoms with van der Waals surface area (Å²) in [4.78, 5) is 17.6. The van der Waals surface area contributed by atoms with Crippen molar-refractivity contribution < 1.29 is 9.34 Å². The minimum absolute atomic E-state index is 0.0340. The number of rotatable bonds is 2. The van der Waals surface area contributed by atoms with Crippen LogP contribution in [0.25, 0.3) is 22.6 Å². The first-order valence-corrected chi connectivity index (χ1v) is 6.11. The number of aromatic amines is 1. The van der Waals surface area contributed by atoms with E-state index in [4.69, 9.17) is 4.42 Å². The first-order chi connectivity index (χ1) is 8.63. The fourth-order valence-electron chi connectivity index (χ4n) is 1.67. The second kappa shape index (κ2) is 4.09. The number of benzene rings is 1. The molecule has 3 rings (SSSR count). The highest BCUT2D eigenvalue weighted by molar-refractivity contribution is 14.1. The number of nitro groups is 1. The van der Waals surface area contributed by atoms with Gasteiger partial charge in [0.25, 0.3) is 5.69 Å². The van der Waals surface area contributed by atoms with Crippen molar-refractivity contribution in [3.63, 3.8) is 0 Å². The summed E-state index contributed by atoms with van der Waals surface area (Å²) in [5.74, 6) is 1.17. The Bertz CT molecular complexity index is 747. The van der Waals surface area contributed by atoms with Gasteiger partial charge in [-0.25, -0.2) is 4.98 Å². The summed E-state index contributed by atoms with van der Waals surface area (Å²) in [7, 11) is 0. The minimum atomic E-state index is -0.435. The number of hydrogen-bond acceptors (Lipinski definition) is 4. The molecule has 0 aliphatic heterocycles. The molecular formula is C11H6IN3O3. The molecular weight excluding hydrogens is 349 g/mol. The SMILES string of the molecule is O=[N+]([O-])c1ccc2nc(-c3ccc(I)o3)[nH]c2c1. The Labute approximate surface area is 114 Å². The molecule has 7 heteroatoms. The zero-order chi connectivity index (χ0) is 12.7. The Morgan fingerprint density at radius 3 is 2.83 bits per heavy atom. The zero-order valence-electron chi connectivity index (χ0n) is 8.88. The molecule has 3 aromatic rings. The number of aromatic nitrogens is 2. The molecule has 0 saturated heterocycles. The number of furan rings is 1. The Morgan fingerprint density at radius 1 is 1.33 bits per heavy atom. The van der Waals surface area contributed by atoms with Gasteiger partial charge >= 0.3 is 0 Å². The molecule has 90 valence electrons. The van der Waals surface area contributed by atoms with Crippen LogP contribution in [0.1, 0.15) is 0 Å².